The van der Waals surface area contributed by atoms with E-state index >= 15 is 0 Å². The van der Waals surface area contributed by atoms with Crippen molar-refractivity contribution in [3.63, 3.8) is 0 Å². The normalized spacial score (nSPS) is 10.8. The van der Waals surface area contributed by atoms with E-state index in [4.69, 9.17) is 21.7 Å². The molecule has 0 amide bonds. The number of halogens is 1. The zero-order chi connectivity index (χ0) is 24.1. The van der Waals surface area contributed by atoms with Gasteiger partial charge < -0.3 is 9.47 Å². The van der Waals surface area contributed by atoms with E-state index in [9.17, 15) is 4.79 Å². The predicted octanol–water partition coefficient (Wildman–Crippen LogP) is 6.33. The van der Waals surface area contributed by atoms with Gasteiger partial charge in [-0.3, -0.25) is 9.36 Å². The van der Waals surface area contributed by atoms with E-state index in [1.54, 1.807) is 28.9 Å². The van der Waals surface area contributed by atoms with Crippen molar-refractivity contribution in [2.75, 3.05) is 6.61 Å². The summed E-state index contributed by atoms with van der Waals surface area (Å²) in [6.07, 6.45) is 0. The van der Waals surface area contributed by atoms with Crippen LogP contribution in [-0.2, 0) is 13.2 Å². The highest BCUT2D eigenvalue weighted by molar-refractivity contribution is 9.10. The number of rotatable bonds is 9. The number of carbonyl (C=O) groups excluding carboxylic acids is 1. The number of benzene rings is 3. The molecular formula is C26H24BrN3O3S. The van der Waals surface area contributed by atoms with Gasteiger partial charge in [-0.2, -0.15) is 5.10 Å². The van der Waals surface area contributed by atoms with Gasteiger partial charge in [0, 0.05) is 10.0 Å². The lowest BCUT2D eigenvalue weighted by Crippen LogP contribution is -2.12. The molecule has 4 aromatic rings. The predicted molar refractivity (Wildman–Crippen MR) is 138 cm³/mol. The second-order valence-electron chi connectivity index (χ2n) is 7.60. The fraction of sp³-hybridized carbons (Fsp3) is 0.192. The fourth-order valence-corrected chi connectivity index (χ4v) is 4.09. The molecule has 0 radical (unpaired) electrons. The Labute approximate surface area is 211 Å². The Morgan fingerprint density at radius 1 is 0.971 bits per heavy atom. The number of carbonyl (C=O) groups is 1. The number of aryl methyl sites for hydroxylation is 1. The third kappa shape index (κ3) is 5.46. The van der Waals surface area contributed by atoms with E-state index in [0.717, 1.165) is 21.5 Å². The third-order valence-corrected chi connectivity index (χ3v) is 6.15. The summed E-state index contributed by atoms with van der Waals surface area (Å²) >= 11 is 9.19. The van der Waals surface area contributed by atoms with Gasteiger partial charge in [0.05, 0.1) is 12.3 Å². The summed E-state index contributed by atoms with van der Waals surface area (Å²) in [5, 5.41) is 4.67. The molecule has 0 fully saturated rings. The lowest BCUT2D eigenvalue weighted by Gasteiger charge is -2.10. The number of Topliss-reactive ketones (excluding diaryl/α,β-unsaturated/α-hetero) is 1. The summed E-state index contributed by atoms with van der Waals surface area (Å²) in [5.74, 6) is 1.97. The van der Waals surface area contributed by atoms with Crippen LogP contribution in [0, 0.1) is 11.7 Å². The van der Waals surface area contributed by atoms with E-state index in [1.807, 2.05) is 66.9 Å². The number of ether oxygens (including phenoxy) is 2. The molecule has 8 heteroatoms. The van der Waals surface area contributed by atoms with E-state index in [-0.39, 0.29) is 18.9 Å². The van der Waals surface area contributed by atoms with Crippen molar-refractivity contribution in [3.8, 4) is 17.2 Å². The van der Waals surface area contributed by atoms with Gasteiger partial charge in [-0.25, -0.2) is 4.68 Å². The van der Waals surface area contributed by atoms with Crippen molar-refractivity contribution in [2.45, 2.75) is 27.0 Å². The van der Waals surface area contributed by atoms with Gasteiger partial charge in [-0.1, -0.05) is 34.1 Å². The fourth-order valence-electron chi connectivity index (χ4n) is 3.52. The standard InChI is InChI=1S/C26H24BrN3O3S/c1-3-32-21-12-8-19(9-13-21)24(31)16-29-26(34)30(23-7-5-4-6-18(23)2)25(28-29)17-33-22-14-10-20(27)11-15-22/h4-15H,3,16-17H2,1-2H3. The van der Waals surface area contributed by atoms with Gasteiger partial charge in [0.1, 0.15) is 24.7 Å². The van der Waals surface area contributed by atoms with Crippen molar-refractivity contribution < 1.29 is 14.3 Å². The van der Waals surface area contributed by atoms with E-state index in [0.29, 0.717) is 28.5 Å². The average Bonchev–Trinajstić information content (AvgIpc) is 3.14. The van der Waals surface area contributed by atoms with Crippen molar-refractivity contribution in [1.29, 1.82) is 0 Å². The summed E-state index contributed by atoms with van der Waals surface area (Å²) in [7, 11) is 0. The zero-order valence-electron chi connectivity index (χ0n) is 18.9. The van der Waals surface area contributed by atoms with Crippen LogP contribution in [0.25, 0.3) is 5.69 Å². The van der Waals surface area contributed by atoms with Crippen LogP contribution in [0.1, 0.15) is 28.7 Å². The van der Waals surface area contributed by atoms with Gasteiger partial charge in [0.2, 0.25) is 4.77 Å². The first-order valence-corrected chi connectivity index (χ1v) is 12.1. The number of hydrogen-bond donors (Lipinski definition) is 0. The smallest absolute Gasteiger partial charge is 0.203 e. The Kier molecular flexibility index (Phi) is 7.59. The van der Waals surface area contributed by atoms with Gasteiger partial charge in [-0.05, 0) is 86.2 Å². The Hall–Kier alpha value is -3.23. The highest BCUT2D eigenvalue weighted by Gasteiger charge is 2.17. The molecule has 0 aliphatic rings. The quantitative estimate of drug-likeness (QED) is 0.184. The third-order valence-electron chi connectivity index (χ3n) is 5.22. The van der Waals surface area contributed by atoms with Crippen LogP contribution in [0.4, 0.5) is 0 Å². The topological polar surface area (TPSA) is 58.3 Å². The van der Waals surface area contributed by atoms with Crippen molar-refractivity contribution >= 4 is 33.9 Å². The molecule has 1 aromatic heterocycles. The van der Waals surface area contributed by atoms with E-state index in [1.165, 1.54) is 0 Å². The van der Waals surface area contributed by atoms with E-state index < -0.39 is 0 Å². The molecule has 4 rings (SSSR count). The largest absolute Gasteiger partial charge is 0.494 e. The summed E-state index contributed by atoms with van der Waals surface area (Å²) in [4.78, 5) is 13.0. The summed E-state index contributed by atoms with van der Waals surface area (Å²) < 4.78 is 16.3. The lowest BCUT2D eigenvalue weighted by molar-refractivity contribution is 0.0966. The highest BCUT2D eigenvalue weighted by atomic mass is 79.9. The molecule has 0 saturated heterocycles. The first kappa shape index (κ1) is 23.9. The highest BCUT2D eigenvalue weighted by Crippen LogP contribution is 2.21. The molecule has 6 nitrogen and oxygen atoms in total. The minimum atomic E-state index is -0.0889. The summed E-state index contributed by atoms with van der Waals surface area (Å²) in [6, 6.07) is 22.6. The molecule has 0 N–H and O–H groups in total. The maximum atomic E-state index is 13.0. The maximum absolute atomic E-state index is 13.0. The lowest BCUT2D eigenvalue weighted by atomic mass is 10.1. The second kappa shape index (κ2) is 10.8. The van der Waals surface area contributed by atoms with Crippen LogP contribution in [0.3, 0.4) is 0 Å². The minimum Gasteiger partial charge on any atom is -0.494 e. The number of para-hydroxylation sites is 1. The van der Waals surface area contributed by atoms with Crippen molar-refractivity contribution in [1.82, 2.24) is 14.3 Å². The van der Waals surface area contributed by atoms with Crippen LogP contribution in [0.5, 0.6) is 11.5 Å². The van der Waals surface area contributed by atoms with Gasteiger partial charge >= 0.3 is 0 Å². The zero-order valence-corrected chi connectivity index (χ0v) is 21.3. The second-order valence-corrected chi connectivity index (χ2v) is 8.88. The number of aromatic nitrogens is 3. The van der Waals surface area contributed by atoms with Crippen LogP contribution < -0.4 is 9.47 Å². The van der Waals surface area contributed by atoms with Crippen molar-refractivity contribution in [2.24, 2.45) is 0 Å². The molecule has 0 bridgehead atoms. The molecular weight excluding hydrogens is 514 g/mol. The Morgan fingerprint density at radius 2 is 1.62 bits per heavy atom. The van der Waals surface area contributed by atoms with Gasteiger partial charge in [0.15, 0.2) is 11.6 Å². The maximum Gasteiger partial charge on any atom is 0.203 e. The van der Waals surface area contributed by atoms with Crippen molar-refractivity contribution in [3.05, 3.63) is 99.0 Å². The monoisotopic (exact) mass is 537 g/mol. The summed E-state index contributed by atoms with van der Waals surface area (Å²) in [6.45, 7) is 4.73. The van der Waals surface area contributed by atoms with E-state index in [2.05, 4.69) is 21.0 Å². The Balaban J connectivity index is 1.64. The molecule has 3 aromatic carbocycles. The van der Waals surface area contributed by atoms with Crippen LogP contribution in [-0.4, -0.2) is 26.7 Å². The minimum absolute atomic E-state index is 0.0248. The van der Waals surface area contributed by atoms with Crippen LogP contribution >= 0.6 is 28.1 Å². The van der Waals surface area contributed by atoms with Crippen LogP contribution in [0.15, 0.2) is 77.3 Å². The molecule has 0 aliphatic carbocycles. The molecule has 34 heavy (non-hydrogen) atoms. The van der Waals surface area contributed by atoms with Crippen LogP contribution in [0.2, 0.25) is 0 Å². The molecule has 0 spiro atoms. The average molecular weight is 538 g/mol. The number of nitrogens with zero attached hydrogens (tertiary/aromatic N) is 3. The van der Waals surface area contributed by atoms with Gasteiger partial charge in [-0.15, -0.1) is 0 Å². The molecule has 0 atom stereocenters. The first-order chi connectivity index (χ1) is 16.5. The Morgan fingerprint density at radius 3 is 2.29 bits per heavy atom. The SMILES string of the molecule is CCOc1ccc(C(=O)Cn2nc(COc3ccc(Br)cc3)n(-c3ccccc3C)c2=S)cc1. The number of hydrogen-bond acceptors (Lipinski definition) is 5. The number of ketones is 1. The van der Waals surface area contributed by atoms with Gasteiger partial charge in [0.25, 0.3) is 0 Å². The Bertz CT molecular complexity index is 1350. The molecule has 174 valence electrons. The molecule has 0 saturated carbocycles. The molecule has 1 heterocycles. The first-order valence-electron chi connectivity index (χ1n) is 10.9. The molecule has 0 unspecified atom stereocenters. The summed E-state index contributed by atoms with van der Waals surface area (Å²) in [5.41, 5.74) is 2.52. The molecule has 0 aliphatic heterocycles.